The first-order chi connectivity index (χ1) is 8.31. The highest BCUT2D eigenvalue weighted by Crippen LogP contribution is 2.24. The Labute approximate surface area is 105 Å². The van der Waals surface area contributed by atoms with Gasteiger partial charge in [-0.2, -0.15) is 0 Å². The zero-order valence-corrected chi connectivity index (χ0v) is 11.1. The molecule has 1 unspecified atom stereocenters. The van der Waals surface area contributed by atoms with E-state index in [1.165, 1.54) is 31.5 Å². The van der Waals surface area contributed by atoms with Gasteiger partial charge in [-0.25, -0.2) is 0 Å². The van der Waals surface area contributed by atoms with Crippen LogP contribution in [0, 0.1) is 0 Å². The number of unbranched alkanes of at least 4 members (excludes halogenated alkanes) is 1. The summed E-state index contributed by atoms with van der Waals surface area (Å²) >= 11 is 0. The van der Waals surface area contributed by atoms with Crippen LogP contribution < -0.4 is 5.32 Å². The van der Waals surface area contributed by atoms with Crippen LogP contribution in [0.1, 0.15) is 36.8 Å². The zero-order chi connectivity index (χ0) is 12.1. The van der Waals surface area contributed by atoms with Gasteiger partial charge in [0.2, 0.25) is 0 Å². The van der Waals surface area contributed by atoms with Crippen molar-refractivity contribution in [1.82, 2.24) is 10.2 Å². The first kappa shape index (κ1) is 12.6. The molecule has 1 atom stereocenters. The van der Waals surface area contributed by atoms with Gasteiger partial charge in [0.25, 0.3) is 0 Å². The Balaban J connectivity index is 1.98. The van der Waals surface area contributed by atoms with E-state index >= 15 is 0 Å². The Morgan fingerprint density at radius 1 is 1.35 bits per heavy atom. The van der Waals surface area contributed by atoms with Gasteiger partial charge < -0.3 is 10.2 Å². The van der Waals surface area contributed by atoms with Crippen LogP contribution in [0.2, 0.25) is 0 Å². The molecule has 0 saturated heterocycles. The van der Waals surface area contributed by atoms with Crippen molar-refractivity contribution in [3.8, 4) is 0 Å². The van der Waals surface area contributed by atoms with Crippen LogP contribution in [0.3, 0.4) is 0 Å². The van der Waals surface area contributed by atoms with Crippen LogP contribution in [-0.2, 0) is 6.54 Å². The molecule has 1 aliphatic heterocycles. The molecule has 0 saturated carbocycles. The van der Waals surface area contributed by atoms with Gasteiger partial charge >= 0.3 is 0 Å². The minimum absolute atomic E-state index is 0.654. The third-order valence-corrected chi connectivity index (χ3v) is 3.63. The van der Waals surface area contributed by atoms with E-state index in [2.05, 4.69) is 48.5 Å². The predicted molar refractivity (Wildman–Crippen MR) is 73.3 cm³/mol. The molecule has 17 heavy (non-hydrogen) atoms. The summed E-state index contributed by atoms with van der Waals surface area (Å²) in [6.07, 6.45) is 2.59. The maximum absolute atomic E-state index is 3.53. The SMILES string of the molecule is CCCCN(C)CC1CNCc2ccccc21. The van der Waals surface area contributed by atoms with Crippen LogP contribution in [0.15, 0.2) is 24.3 Å². The Morgan fingerprint density at radius 2 is 2.18 bits per heavy atom. The quantitative estimate of drug-likeness (QED) is 0.839. The second-order valence-corrected chi connectivity index (χ2v) is 5.14. The van der Waals surface area contributed by atoms with Crippen molar-refractivity contribution >= 4 is 0 Å². The molecule has 0 fully saturated rings. The maximum Gasteiger partial charge on any atom is 0.0208 e. The fraction of sp³-hybridized carbons (Fsp3) is 0.600. The highest BCUT2D eigenvalue weighted by Gasteiger charge is 2.20. The maximum atomic E-state index is 3.53. The van der Waals surface area contributed by atoms with Gasteiger partial charge in [-0.3, -0.25) is 0 Å². The molecule has 0 radical (unpaired) electrons. The molecule has 1 aromatic carbocycles. The molecule has 0 bridgehead atoms. The van der Waals surface area contributed by atoms with Crippen LogP contribution in [-0.4, -0.2) is 31.6 Å². The molecule has 0 aromatic heterocycles. The minimum Gasteiger partial charge on any atom is -0.312 e. The normalized spacial score (nSPS) is 19.4. The summed E-state index contributed by atoms with van der Waals surface area (Å²) in [5.41, 5.74) is 3.03. The lowest BCUT2D eigenvalue weighted by molar-refractivity contribution is 0.296. The Bertz CT molecular complexity index is 349. The number of hydrogen-bond acceptors (Lipinski definition) is 2. The van der Waals surface area contributed by atoms with Crippen molar-refractivity contribution in [3.63, 3.8) is 0 Å². The van der Waals surface area contributed by atoms with E-state index in [9.17, 15) is 0 Å². The van der Waals surface area contributed by atoms with Crippen molar-refractivity contribution in [1.29, 1.82) is 0 Å². The average molecular weight is 232 g/mol. The van der Waals surface area contributed by atoms with E-state index < -0.39 is 0 Å². The van der Waals surface area contributed by atoms with E-state index in [1.807, 2.05) is 0 Å². The number of hydrogen-bond donors (Lipinski definition) is 1. The van der Waals surface area contributed by atoms with E-state index in [0.717, 1.165) is 13.1 Å². The second-order valence-electron chi connectivity index (χ2n) is 5.14. The first-order valence-electron chi connectivity index (χ1n) is 6.78. The van der Waals surface area contributed by atoms with Gasteiger partial charge in [0.1, 0.15) is 0 Å². The van der Waals surface area contributed by atoms with E-state index in [-0.39, 0.29) is 0 Å². The number of rotatable bonds is 5. The number of nitrogens with zero attached hydrogens (tertiary/aromatic N) is 1. The Hall–Kier alpha value is -0.860. The monoisotopic (exact) mass is 232 g/mol. The molecule has 2 heteroatoms. The molecular weight excluding hydrogens is 208 g/mol. The Morgan fingerprint density at radius 3 is 3.00 bits per heavy atom. The van der Waals surface area contributed by atoms with Gasteiger partial charge in [0.15, 0.2) is 0 Å². The van der Waals surface area contributed by atoms with Crippen LogP contribution in [0.5, 0.6) is 0 Å². The molecule has 2 rings (SSSR count). The molecular formula is C15H24N2. The zero-order valence-electron chi connectivity index (χ0n) is 11.1. The molecule has 1 aliphatic rings. The summed E-state index contributed by atoms with van der Waals surface area (Å²) in [7, 11) is 2.24. The molecule has 1 aromatic rings. The summed E-state index contributed by atoms with van der Waals surface area (Å²) in [4.78, 5) is 2.47. The molecule has 1 N–H and O–H groups in total. The van der Waals surface area contributed by atoms with Gasteiger partial charge in [0.05, 0.1) is 0 Å². The fourth-order valence-corrected chi connectivity index (χ4v) is 2.64. The summed E-state index contributed by atoms with van der Waals surface area (Å²) in [6, 6.07) is 8.86. The van der Waals surface area contributed by atoms with Gasteiger partial charge in [0, 0.05) is 25.6 Å². The largest absolute Gasteiger partial charge is 0.312 e. The lowest BCUT2D eigenvalue weighted by atomic mass is 9.90. The smallest absolute Gasteiger partial charge is 0.0208 e. The number of nitrogens with one attached hydrogen (secondary N) is 1. The van der Waals surface area contributed by atoms with Crippen LogP contribution >= 0.6 is 0 Å². The molecule has 1 heterocycles. The van der Waals surface area contributed by atoms with Crippen LogP contribution in [0.25, 0.3) is 0 Å². The van der Waals surface area contributed by atoms with Crippen molar-refractivity contribution < 1.29 is 0 Å². The van der Waals surface area contributed by atoms with Crippen molar-refractivity contribution in [3.05, 3.63) is 35.4 Å². The number of benzene rings is 1. The topological polar surface area (TPSA) is 15.3 Å². The third-order valence-electron chi connectivity index (χ3n) is 3.63. The highest BCUT2D eigenvalue weighted by atomic mass is 15.1. The lowest BCUT2D eigenvalue weighted by Gasteiger charge is -2.30. The van der Waals surface area contributed by atoms with E-state index in [0.29, 0.717) is 5.92 Å². The summed E-state index contributed by atoms with van der Waals surface area (Å²) in [5.74, 6) is 0.654. The second kappa shape index (κ2) is 6.18. The van der Waals surface area contributed by atoms with Crippen molar-refractivity contribution in [2.45, 2.75) is 32.2 Å². The van der Waals surface area contributed by atoms with Gasteiger partial charge in [-0.1, -0.05) is 37.6 Å². The molecule has 94 valence electrons. The number of fused-ring (bicyclic) bond motifs is 1. The predicted octanol–water partition coefficient (Wildman–Crippen LogP) is 2.61. The molecule has 0 aliphatic carbocycles. The van der Waals surface area contributed by atoms with Crippen LogP contribution in [0.4, 0.5) is 0 Å². The molecule has 0 amide bonds. The van der Waals surface area contributed by atoms with Gasteiger partial charge in [-0.05, 0) is 31.1 Å². The molecule has 2 nitrogen and oxygen atoms in total. The molecule has 0 spiro atoms. The first-order valence-corrected chi connectivity index (χ1v) is 6.78. The summed E-state index contributed by atoms with van der Waals surface area (Å²) in [5, 5.41) is 3.53. The third kappa shape index (κ3) is 3.30. The summed E-state index contributed by atoms with van der Waals surface area (Å²) < 4.78 is 0. The highest BCUT2D eigenvalue weighted by molar-refractivity contribution is 5.32. The van der Waals surface area contributed by atoms with Crippen molar-refractivity contribution in [2.75, 3.05) is 26.7 Å². The Kier molecular flexibility index (Phi) is 4.57. The summed E-state index contributed by atoms with van der Waals surface area (Å²) in [6.45, 7) is 6.79. The van der Waals surface area contributed by atoms with Gasteiger partial charge in [-0.15, -0.1) is 0 Å². The average Bonchev–Trinajstić information content (AvgIpc) is 2.37. The lowest BCUT2D eigenvalue weighted by Crippen LogP contribution is -2.35. The fourth-order valence-electron chi connectivity index (χ4n) is 2.64. The van der Waals surface area contributed by atoms with Crippen molar-refractivity contribution in [2.24, 2.45) is 0 Å². The van der Waals surface area contributed by atoms with E-state index in [1.54, 1.807) is 5.56 Å². The standard InChI is InChI=1S/C15H24N2/c1-3-4-9-17(2)12-14-11-16-10-13-7-5-6-8-15(13)14/h5-8,14,16H,3-4,9-12H2,1-2H3. The number of likely N-dealkylation sites (N-methyl/N-ethyl adjacent to an activating group) is 1. The van der Waals surface area contributed by atoms with E-state index in [4.69, 9.17) is 0 Å². The minimum atomic E-state index is 0.654.